The number of nitrogens with one attached hydrogen (secondary N) is 1. The average molecular weight is 417 g/mol. The van der Waals surface area contributed by atoms with E-state index in [2.05, 4.69) is 26.1 Å². The van der Waals surface area contributed by atoms with Crippen molar-refractivity contribution >= 4 is 21.6 Å². The maximum atomic E-state index is 13.4. The van der Waals surface area contributed by atoms with Crippen molar-refractivity contribution < 1.29 is 17.9 Å². The Balaban J connectivity index is 2.08. The lowest BCUT2D eigenvalue weighted by Crippen LogP contribution is -2.50. The predicted molar refractivity (Wildman–Crippen MR) is 114 cm³/mol. The number of hydrogen-bond acceptors (Lipinski definition) is 4. The number of rotatable bonds is 5. The largest absolute Gasteiger partial charge is 0.476 e. The van der Waals surface area contributed by atoms with E-state index in [1.165, 1.54) is 4.31 Å². The topological polar surface area (TPSA) is 75.7 Å². The van der Waals surface area contributed by atoms with Gasteiger partial charge in [-0.15, -0.1) is 0 Å². The zero-order chi connectivity index (χ0) is 21.2. The van der Waals surface area contributed by atoms with Crippen molar-refractivity contribution in [3.63, 3.8) is 0 Å². The van der Waals surface area contributed by atoms with E-state index in [0.717, 1.165) is 12.0 Å². The summed E-state index contributed by atoms with van der Waals surface area (Å²) in [5.74, 6) is 0.0751. The van der Waals surface area contributed by atoms with Crippen LogP contribution >= 0.6 is 0 Å². The van der Waals surface area contributed by atoms with E-state index < -0.39 is 16.1 Å². The molecule has 1 atom stereocenters. The molecule has 0 aromatic heterocycles. The summed E-state index contributed by atoms with van der Waals surface area (Å²) in [6.07, 6.45) is -0.122. The molecule has 7 heteroatoms. The van der Waals surface area contributed by atoms with Gasteiger partial charge in [0, 0.05) is 6.54 Å². The first kappa shape index (κ1) is 21.2. The Morgan fingerprint density at radius 3 is 2.48 bits per heavy atom. The summed E-state index contributed by atoms with van der Waals surface area (Å²) in [5.41, 5.74) is 1.29. The minimum Gasteiger partial charge on any atom is -0.476 e. The van der Waals surface area contributed by atoms with Crippen LogP contribution in [0, 0.1) is 0 Å². The van der Waals surface area contributed by atoms with Crippen LogP contribution in [0.15, 0.2) is 53.4 Å². The van der Waals surface area contributed by atoms with E-state index in [-0.39, 0.29) is 22.8 Å². The Morgan fingerprint density at radius 2 is 1.86 bits per heavy atom. The minimum absolute atomic E-state index is 0.0760. The number of carbonyl (C=O) groups is 1. The molecule has 0 spiro atoms. The molecule has 3 rings (SSSR count). The molecular formula is C22H28N2O4S. The molecule has 0 aliphatic carbocycles. The standard InChI is InChI=1S/C22H28N2O4S/c1-5-13-23-21(25)20-15-24(29(26,27)17-9-7-6-8-10-17)18-14-16(22(2,3)4)11-12-19(18)28-20/h6-12,14,20H,5,13,15H2,1-4H3,(H,23,25)/t20-/m1/s1. The van der Waals surface area contributed by atoms with Gasteiger partial charge in [0.2, 0.25) is 0 Å². The number of anilines is 1. The fraction of sp³-hybridized carbons (Fsp3) is 0.409. The number of benzene rings is 2. The van der Waals surface area contributed by atoms with Gasteiger partial charge in [-0.3, -0.25) is 9.10 Å². The molecule has 1 amide bonds. The Hall–Kier alpha value is -2.54. The van der Waals surface area contributed by atoms with Gasteiger partial charge >= 0.3 is 0 Å². The summed E-state index contributed by atoms with van der Waals surface area (Å²) in [6.45, 7) is 8.59. The van der Waals surface area contributed by atoms with Crippen molar-refractivity contribution in [2.45, 2.75) is 50.5 Å². The Kier molecular flexibility index (Phi) is 5.89. The van der Waals surface area contributed by atoms with E-state index in [0.29, 0.717) is 18.0 Å². The van der Waals surface area contributed by atoms with Gasteiger partial charge in [0.1, 0.15) is 5.75 Å². The summed E-state index contributed by atoms with van der Waals surface area (Å²) in [6, 6.07) is 13.8. The number of carbonyl (C=O) groups excluding carboxylic acids is 1. The Labute approximate surface area is 172 Å². The van der Waals surface area contributed by atoms with Crippen LogP contribution in [0.2, 0.25) is 0 Å². The molecule has 0 saturated carbocycles. The highest BCUT2D eigenvalue weighted by molar-refractivity contribution is 7.92. The molecule has 0 unspecified atom stereocenters. The van der Waals surface area contributed by atoms with Crippen LogP contribution in [0.1, 0.15) is 39.7 Å². The second-order valence-corrected chi connectivity index (χ2v) is 10.0. The maximum Gasteiger partial charge on any atom is 0.264 e. The third kappa shape index (κ3) is 4.40. The molecule has 1 aliphatic rings. The normalized spacial score (nSPS) is 16.7. The second-order valence-electron chi connectivity index (χ2n) is 8.18. The molecule has 0 fully saturated rings. The molecule has 6 nitrogen and oxygen atoms in total. The molecule has 0 radical (unpaired) electrons. The molecular weight excluding hydrogens is 388 g/mol. The van der Waals surface area contributed by atoms with Gasteiger partial charge in [0.25, 0.3) is 15.9 Å². The summed E-state index contributed by atoms with van der Waals surface area (Å²) < 4.78 is 34.1. The first-order valence-electron chi connectivity index (χ1n) is 9.81. The summed E-state index contributed by atoms with van der Waals surface area (Å²) in [4.78, 5) is 12.7. The zero-order valence-corrected chi connectivity index (χ0v) is 18.1. The summed E-state index contributed by atoms with van der Waals surface area (Å²) in [7, 11) is -3.85. The maximum absolute atomic E-state index is 13.4. The molecule has 2 aromatic carbocycles. The van der Waals surface area contributed by atoms with Crippen LogP contribution in [0.4, 0.5) is 5.69 Å². The molecule has 1 heterocycles. The van der Waals surface area contributed by atoms with Crippen molar-refractivity contribution in [3.05, 3.63) is 54.1 Å². The van der Waals surface area contributed by atoms with Crippen LogP contribution in [0.5, 0.6) is 5.75 Å². The number of fused-ring (bicyclic) bond motifs is 1. The molecule has 0 bridgehead atoms. The van der Waals surface area contributed by atoms with E-state index >= 15 is 0 Å². The summed E-state index contributed by atoms with van der Waals surface area (Å²) in [5, 5.41) is 2.79. The quantitative estimate of drug-likeness (QED) is 0.810. The second kappa shape index (κ2) is 8.06. The number of nitrogens with zero attached hydrogens (tertiary/aromatic N) is 1. The van der Waals surface area contributed by atoms with Crippen LogP contribution in [-0.4, -0.2) is 33.5 Å². The molecule has 2 aromatic rings. The number of sulfonamides is 1. The van der Waals surface area contributed by atoms with Crippen molar-refractivity contribution in [3.8, 4) is 5.75 Å². The van der Waals surface area contributed by atoms with E-state index in [1.807, 2.05) is 19.1 Å². The first-order valence-corrected chi connectivity index (χ1v) is 11.3. The van der Waals surface area contributed by atoms with Crippen LogP contribution in [0.25, 0.3) is 0 Å². The van der Waals surface area contributed by atoms with Gasteiger partial charge in [-0.05, 0) is 41.7 Å². The van der Waals surface area contributed by atoms with Gasteiger partial charge in [-0.2, -0.15) is 0 Å². The van der Waals surface area contributed by atoms with Gasteiger partial charge < -0.3 is 10.1 Å². The molecule has 1 N–H and O–H groups in total. The van der Waals surface area contributed by atoms with Crippen LogP contribution < -0.4 is 14.4 Å². The third-order valence-electron chi connectivity index (χ3n) is 4.87. The first-order chi connectivity index (χ1) is 13.6. The zero-order valence-electron chi connectivity index (χ0n) is 17.3. The van der Waals surface area contributed by atoms with Crippen molar-refractivity contribution in [1.82, 2.24) is 5.32 Å². The lowest BCUT2D eigenvalue weighted by molar-refractivity contribution is -0.127. The predicted octanol–water partition coefficient (Wildman–Crippen LogP) is 3.47. The van der Waals surface area contributed by atoms with E-state index in [9.17, 15) is 13.2 Å². The van der Waals surface area contributed by atoms with E-state index in [1.54, 1.807) is 36.4 Å². The van der Waals surface area contributed by atoms with Gasteiger partial charge in [0.15, 0.2) is 6.10 Å². The lowest BCUT2D eigenvalue weighted by Gasteiger charge is -2.36. The molecule has 29 heavy (non-hydrogen) atoms. The highest BCUT2D eigenvalue weighted by Gasteiger charge is 2.38. The van der Waals surface area contributed by atoms with Gasteiger partial charge in [-0.1, -0.05) is 52.0 Å². The number of amides is 1. The van der Waals surface area contributed by atoms with Crippen LogP contribution in [0.3, 0.4) is 0 Å². The summed E-state index contributed by atoms with van der Waals surface area (Å²) >= 11 is 0. The monoisotopic (exact) mass is 416 g/mol. The van der Waals surface area contributed by atoms with Gasteiger partial charge in [0.05, 0.1) is 17.1 Å². The van der Waals surface area contributed by atoms with Crippen molar-refractivity contribution in [2.75, 3.05) is 17.4 Å². The fourth-order valence-electron chi connectivity index (χ4n) is 3.16. The SMILES string of the molecule is CCCNC(=O)[C@H]1CN(S(=O)(=O)c2ccccc2)c2cc(C(C)(C)C)ccc2O1. The highest BCUT2D eigenvalue weighted by Crippen LogP contribution is 2.40. The van der Waals surface area contributed by atoms with Crippen molar-refractivity contribution in [1.29, 1.82) is 0 Å². The molecule has 156 valence electrons. The number of ether oxygens (including phenoxy) is 1. The fourth-order valence-corrected chi connectivity index (χ4v) is 4.65. The number of hydrogen-bond donors (Lipinski definition) is 1. The minimum atomic E-state index is -3.85. The lowest BCUT2D eigenvalue weighted by atomic mass is 9.86. The Bertz CT molecular complexity index is 982. The van der Waals surface area contributed by atoms with Crippen molar-refractivity contribution in [2.24, 2.45) is 0 Å². The molecule has 0 saturated heterocycles. The molecule has 1 aliphatic heterocycles. The van der Waals surface area contributed by atoms with Gasteiger partial charge in [-0.25, -0.2) is 8.42 Å². The Morgan fingerprint density at radius 1 is 1.17 bits per heavy atom. The van der Waals surface area contributed by atoms with Crippen LogP contribution in [-0.2, 0) is 20.2 Å². The smallest absolute Gasteiger partial charge is 0.264 e. The highest BCUT2D eigenvalue weighted by atomic mass is 32.2. The average Bonchev–Trinajstić information content (AvgIpc) is 2.70. The third-order valence-corrected chi connectivity index (χ3v) is 6.66. The van der Waals surface area contributed by atoms with E-state index in [4.69, 9.17) is 4.74 Å².